The Bertz CT molecular complexity index is 734. The zero-order valence-corrected chi connectivity index (χ0v) is 17.3. The van der Waals surface area contributed by atoms with E-state index in [9.17, 15) is 9.90 Å². The molecule has 152 valence electrons. The van der Waals surface area contributed by atoms with E-state index in [0.29, 0.717) is 24.3 Å². The third-order valence-corrected chi connectivity index (χ3v) is 4.55. The smallest absolute Gasteiger partial charge is 0.164 e. The highest BCUT2D eigenvalue weighted by molar-refractivity contribution is 5.96. The van der Waals surface area contributed by atoms with Crippen LogP contribution in [0.25, 0.3) is 0 Å². The van der Waals surface area contributed by atoms with Crippen molar-refractivity contribution in [1.29, 1.82) is 0 Å². The van der Waals surface area contributed by atoms with Gasteiger partial charge in [-0.2, -0.15) is 0 Å². The SMILES string of the molecule is CC(CN(C)C)Oc1cccc(C(=O)CCNC(C)C(O)c2ccccc2)c1. The lowest BCUT2D eigenvalue weighted by Gasteiger charge is -2.20. The first-order chi connectivity index (χ1) is 13.4. The lowest BCUT2D eigenvalue weighted by atomic mass is 10.0. The maximum Gasteiger partial charge on any atom is 0.164 e. The topological polar surface area (TPSA) is 61.8 Å². The molecule has 3 atom stereocenters. The molecule has 0 amide bonds. The van der Waals surface area contributed by atoms with Gasteiger partial charge in [-0.15, -0.1) is 0 Å². The van der Waals surface area contributed by atoms with Gasteiger partial charge in [-0.05, 0) is 45.6 Å². The Hall–Kier alpha value is -2.21. The van der Waals surface area contributed by atoms with Crippen LogP contribution in [0.15, 0.2) is 54.6 Å². The van der Waals surface area contributed by atoms with Gasteiger partial charge in [0, 0.05) is 31.1 Å². The summed E-state index contributed by atoms with van der Waals surface area (Å²) in [6.07, 6.45) is -0.198. The molecule has 3 unspecified atom stereocenters. The lowest BCUT2D eigenvalue weighted by Crippen LogP contribution is -2.33. The third-order valence-electron chi connectivity index (χ3n) is 4.55. The number of aliphatic hydroxyl groups excluding tert-OH is 1. The maximum absolute atomic E-state index is 12.5. The molecule has 2 N–H and O–H groups in total. The van der Waals surface area contributed by atoms with Gasteiger partial charge in [0.1, 0.15) is 11.9 Å². The molecular formula is C23H32N2O3. The normalized spacial score (nSPS) is 14.5. The van der Waals surface area contributed by atoms with Crippen LogP contribution in [0.5, 0.6) is 5.75 Å². The average Bonchev–Trinajstić information content (AvgIpc) is 2.67. The molecule has 0 heterocycles. The second-order valence-corrected chi connectivity index (χ2v) is 7.49. The first-order valence-electron chi connectivity index (χ1n) is 9.78. The molecule has 5 heteroatoms. The lowest BCUT2D eigenvalue weighted by molar-refractivity contribution is 0.0971. The van der Waals surface area contributed by atoms with Crippen LogP contribution in [-0.4, -0.2) is 55.1 Å². The monoisotopic (exact) mass is 384 g/mol. The number of nitrogens with one attached hydrogen (secondary N) is 1. The molecule has 0 spiro atoms. The Balaban J connectivity index is 1.83. The van der Waals surface area contributed by atoms with Crippen LogP contribution in [-0.2, 0) is 0 Å². The predicted molar refractivity (Wildman–Crippen MR) is 113 cm³/mol. The Morgan fingerprint density at radius 2 is 1.82 bits per heavy atom. The van der Waals surface area contributed by atoms with Crippen LogP contribution in [0.2, 0.25) is 0 Å². The third kappa shape index (κ3) is 7.08. The van der Waals surface area contributed by atoms with E-state index in [0.717, 1.165) is 12.1 Å². The van der Waals surface area contributed by atoms with Crippen molar-refractivity contribution in [2.24, 2.45) is 0 Å². The van der Waals surface area contributed by atoms with E-state index < -0.39 is 6.10 Å². The Labute approximate surface area is 168 Å². The molecule has 0 aliphatic rings. The first-order valence-corrected chi connectivity index (χ1v) is 9.78. The summed E-state index contributed by atoms with van der Waals surface area (Å²) in [4.78, 5) is 14.6. The number of likely N-dealkylation sites (N-methyl/N-ethyl adjacent to an activating group) is 1. The van der Waals surface area contributed by atoms with Crippen molar-refractivity contribution in [2.75, 3.05) is 27.2 Å². The molecule has 0 radical (unpaired) electrons. The highest BCUT2D eigenvalue weighted by atomic mass is 16.5. The maximum atomic E-state index is 12.5. The molecule has 0 saturated heterocycles. The van der Waals surface area contributed by atoms with Crippen molar-refractivity contribution in [2.45, 2.75) is 38.5 Å². The van der Waals surface area contributed by atoms with E-state index in [1.165, 1.54) is 0 Å². The van der Waals surface area contributed by atoms with Gasteiger partial charge in [0.2, 0.25) is 0 Å². The van der Waals surface area contributed by atoms with Gasteiger partial charge >= 0.3 is 0 Å². The molecule has 0 aromatic heterocycles. The number of Topliss-reactive ketones (excluding diaryl/α,β-unsaturated/α-hetero) is 1. The summed E-state index contributed by atoms with van der Waals surface area (Å²) in [5, 5.41) is 13.6. The molecule has 2 aromatic rings. The minimum Gasteiger partial charge on any atom is -0.489 e. The number of benzene rings is 2. The summed E-state index contributed by atoms with van der Waals surface area (Å²) >= 11 is 0. The Morgan fingerprint density at radius 1 is 1.11 bits per heavy atom. The second-order valence-electron chi connectivity index (χ2n) is 7.49. The number of nitrogens with zero attached hydrogens (tertiary/aromatic N) is 1. The molecule has 0 aliphatic carbocycles. The summed E-state index contributed by atoms with van der Waals surface area (Å²) in [5.41, 5.74) is 1.51. The van der Waals surface area contributed by atoms with Crippen molar-refractivity contribution >= 4 is 5.78 Å². The van der Waals surface area contributed by atoms with E-state index >= 15 is 0 Å². The molecule has 0 bridgehead atoms. The standard InChI is InChI=1S/C23H32N2O3/c1-17(16-25(3)4)28-21-12-8-11-20(15-21)22(26)13-14-24-18(2)23(27)19-9-6-5-7-10-19/h5-12,15,17-18,23-24,27H,13-14,16H2,1-4H3. The fourth-order valence-electron chi connectivity index (χ4n) is 3.13. The molecule has 0 aliphatic heterocycles. The summed E-state index contributed by atoms with van der Waals surface area (Å²) in [5.74, 6) is 0.764. The van der Waals surface area contributed by atoms with Crippen LogP contribution in [0.1, 0.15) is 42.3 Å². The minimum atomic E-state index is -0.605. The van der Waals surface area contributed by atoms with Gasteiger partial charge in [-0.25, -0.2) is 0 Å². The summed E-state index contributed by atoms with van der Waals surface area (Å²) < 4.78 is 5.90. The molecule has 2 aromatic carbocycles. The highest BCUT2D eigenvalue weighted by Gasteiger charge is 2.16. The molecule has 5 nitrogen and oxygen atoms in total. The Morgan fingerprint density at radius 3 is 2.50 bits per heavy atom. The summed E-state index contributed by atoms with van der Waals surface area (Å²) in [7, 11) is 4.01. The van der Waals surface area contributed by atoms with Crippen molar-refractivity contribution in [3.05, 3.63) is 65.7 Å². The second kappa shape index (κ2) is 11.0. The van der Waals surface area contributed by atoms with E-state index in [-0.39, 0.29) is 17.9 Å². The number of ketones is 1. The van der Waals surface area contributed by atoms with E-state index in [4.69, 9.17) is 4.74 Å². The van der Waals surface area contributed by atoms with Crippen LogP contribution >= 0.6 is 0 Å². The molecule has 2 rings (SSSR count). The van der Waals surface area contributed by atoms with E-state index in [2.05, 4.69) is 10.2 Å². The van der Waals surface area contributed by atoms with Crippen LogP contribution < -0.4 is 10.1 Å². The number of carbonyl (C=O) groups excluding carboxylic acids is 1. The van der Waals surface area contributed by atoms with Crippen molar-refractivity contribution in [3.8, 4) is 5.75 Å². The zero-order chi connectivity index (χ0) is 20.5. The summed E-state index contributed by atoms with van der Waals surface area (Å²) in [6.45, 7) is 5.25. The first kappa shape index (κ1) is 22.1. The van der Waals surface area contributed by atoms with Crippen LogP contribution in [0.3, 0.4) is 0 Å². The number of carbonyl (C=O) groups is 1. The number of ether oxygens (including phenoxy) is 1. The number of hydrogen-bond donors (Lipinski definition) is 2. The van der Waals surface area contributed by atoms with Crippen LogP contribution in [0.4, 0.5) is 0 Å². The Kier molecular flexibility index (Phi) is 8.64. The largest absolute Gasteiger partial charge is 0.489 e. The molecular weight excluding hydrogens is 352 g/mol. The van der Waals surface area contributed by atoms with Crippen molar-refractivity contribution in [1.82, 2.24) is 10.2 Å². The number of aliphatic hydroxyl groups is 1. The van der Waals surface area contributed by atoms with E-state index in [1.54, 1.807) is 6.07 Å². The summed E-state index contributed by atoms with van der Waals surface area (Å²) in [6, 6.07) is 16.7. The molecule has 28 heavy (non-hydrogen) atoms. The van der Waals surface area contributed by atoms with Gasteiger partial charge in [0.05, 0.1) is 6.10 Å². The predicted octanol–water partition coefficient (Wildman–Crippen LogP) is 3.30. The zero-order valence-electron chi connectivity index (χ0n) is 17.3. The fourth-order valence-corrected chi connectivity index (χ4v) is 3.13. The quantitative estimate of drug-likeness (QED) is 0.582. The van der Waals surface area contributed by atoms with Gasteiger partial charge in [0.15, 0.2) is 5.78 Å². The van der Waals surface area contributed by atoms with Gasteiger partial charge in [0.25, 0.3) is 0 Å². The fraction of sp³-hybridized carbons (Fsp3) is 0.435. The van der Waals surface area contributed by atoms with Crippen molar-refractivity contribution < 1.29 is 14.6 Å². The number of rotatable bonds is 11. The average molecular weight is 385 g/mol. The minimum absolute atomic E-state index is 0.0438. The van der Waals surface area contributed by atoms with Gasteiger partial charge < -0.3 is 20.1 Å². The highest BCUT2D eigenvalue weighted by Crippen LogP contribution is 2.18. The van der Waals surface area contributed by atoms with Gasteiger partial charge in [-0.1, -0.05) is 42.5 Å². The van der Waals surface area contributed by atoms with Gasteiger partial charge in [-0.3, -0.25) is 4.79 Å². The molecule has 0 saturated carbocycles. The van der Waals surface area contributed by atoms with Crippen molar-refractivity contribution in [3.63, 3.8) is 0 Å². The molecule has 0 fully saturated rings. The number of hydrogen-bond acceptors (Lipinski definition) is 5. The van der Waals surface area contributed by atoms with Crippen LogP contribution in [0, 0.1) is 0 Å². The van der Waals surface area contributed by atoms with E-state index in [1.807, 2.05) is 76.5 Å².